The molecular formula is C20H26O5. The minimum absolute atomic E-state index is 0.298. The summed E-state index contributed by atoms with van der Waals surface area (Å²) in [7, 11) is 0. The second kappa shape index (κ2) is 8.70. The highest BCUT2D eigenvalue weighted by molar-refractivity contribution is 5.82. The molecule has 5 nitrogen and oxygen atoms in total. The Bertz CT molecular complexity index is 791. The Morgan fingerprint density at radius 3 is 2.64 bits per heavy atom. The first kappa shape index (κ1) is 19.0. The van der Waals surface area contributed by atoms with Crippen LogP contribution >= 0.6 is 0 Å². The van der Waals surface area contributed by atoms with Crippen LogP contribution < -0.4 is 10.4 Å². The largest absolute Gasteiger partial charge is 0.479 e. The van der Waals surface area contributed by atoms with E-state index >= 15 is 0 Å². The summed E-state index contributed by atoms with van der Waals surface area (Å²) < 4.78 is 16.2. The average Bonchev–Trinajstić information content (AvgIpc) is 2.59. The van der Waals surface area contributed by atoms with Crippen LogP contribution in [0.4, 0.5) is 0 Å². The normalized spacial score (nSPS) is 12.2. The molecule has 25 heavy (non-hydrogen) atoms. The van der Waals surface area contributed by atoms with E-state index in [1.54, 1.807) is 19.1 Å². The maximum Gasteiger partial charge on any atom is 0.347 e. The number of benzene rings is 1. The van der Waals surface area contributed by atoms with E-state index in [1.807, 2.05) is 19.9 Å². The van der Waals surface area contributed by atoms with Crippen LogP contribution in [0.5, 0.6) is 5.75 Å². The van der Waals surface area contributed by atoms with Gasteiger partial charge in [-0.3, -0.25) is 0 Å². The van der Waals surface area contributed by atoms with Crippen LogP contribution in [0.2, 0.25) is 0 Å². The van der Waals surface area contributed by atoms with Gasteiger partial charge in [0.15, 0.2) is 6.10 Å². The lowest BCUT2D eigenvalue weighted by molar-refractivity contribution is -0.151. The predicted molar refractivity (Wildman–Crippen MR) is 97.2 cm³/mol. The number of fused-ring (bicyclic) bond motifs is 1. The molecule has 1 unspecified atom stereocenters. The molecule has 0 aliphatic heterocycles. The summed E-state index contributed by atoms with van der Waals surface area (Å²) in [6.07, 6.45) is 2.52. The van der Waals surface area contributed by atoms with Gasteiger partial charge in [0, 0.05) is 17.0 Å². The molecule has 2 rings (SSSR count). The summed E-state index contributed by atoms with van der Waals surface area (Å²) in [6.45, 7) is 7.96. The second-order valence-electron chi connectivity index (χ2n) is 6.02. The monoisotopic (exact) mass is 346 g/mol. The maximum absolute atomic E-state index is 12.3. The number of carbonyl (C=O) groups excluding carboxylic acids is 1. The Kier molecular flexibility index (Phi) is 6.62. The first-order valence-electron chi connectivity index (χ1n) is 8.91. The first-order chi connectivity index (χ1) is 12.0. The quantitative estimate of drug-likeness (QED) is 0.530. The molecular weight excluding hydrogens is 320 g/mol. The van der Waals surface area contributed by atoms with E-state index in [0.29, 0.717) is 24.4 Å². The maximum atomic E-state index is 12.3. The molecule has 0 saturated heterocycles. The Labute approximate surface area is 147 Å². The van der Waals surface area contributed by atoms with Crippen molar-refractivity contribution in [3.63, 3.8) is 0 Å². The molecule has 0 radical (unpaired) electrons. The molecule has 0 aliphatic rings. The van der Waals surface area contributed by atoms with Crippen LogP contribution in [0.25, 0.3) is 11.0 Å². The van der Waals surface area contributed by atoms with E-state index in [1.165, 1.54) is 0 Å². The lowest BCUT2D eigenvalue weighted by Crippen LogP contribution is -2.28. The highest BCUT2D eigenvalue weighted by Crippen LogP contribution is 2.25. The standard InChI is InChI=1S/C20H26O5/c1-5-8-9-16-13(4)15-11-10-14(12-18(15)25-19(16)21)24-17(6-2)20(22)23-7-3/h10-12,17H,5-9H2,1-4H3. The van der Waals surface area contributed by atoms with Crippen molar-refractivity contribution in [3.05, 3.63) is 39.7 Å². The minimum atomic E-state index is -0.672. The second-order valence-corrected chi connectivity index (χ2v) is 6.02. The Balaban J connectivity index is 2.33. The fourth-order valence-corrected chi connectivity index (χ4v) is 2.79. The highest BCUT2D eigenvalue weighted by atomic mass is 16.6. The SMILES string of the molecule is CCCCc1c(C)c2ccc(OC(CC)C(=O)OCC)cc2oc1=O. The van der Waals surface area contributed by atoms with Crippen LogP contribution in [0.3, 0.4) is 0 Å². The number of ether oxygens (including phenoxy) is 2. The van der Waals surface area contributed by atoms with Crippen LogP contribution in [0.1, 0.15) is 51.2 Å². The topological polar surface area (TPSA) is 65.7 Å². The van der Waals surface area contributed by atoms with Crippen LogP contribution in [0, 0.1) is 6.92 Å². The van der Waals surface area contributed by atoms with E-state index in [0.717, 1.165) is 35.8 Å². The first-order valence-corrected chi connectivity index (χ1v) is 8.91. The molecule has 1 aromatic carbocycles. The number of rotatable bonds is 8. The molecule has 0 bridgehead atoms. The Morgan fingerprint density at radius 1 is 1.24 bits per heavy atom. The summed E-state index contributed by atoms with van der Waals surface area (Å²) in [6, 6.07) is 5.33. The summed E-state index contributed by atoms with van der Waals surface area (Å²) in [5, 5.41) is 0.891. The van der Waals surface area contributed by atoms with Gasteiger partial charge in [0.1, 0.15) is 11.3 Å². The van der Waals surface area contributed by atoms with Crippen molar-refractivity contribution in [2.24, 2.45) is 0 Å². The summed E-state index contributed by atoms with van der Waals surface area (Å²) in [5.74, 6) is 0.0916. The third-order valence-electron chi connectivity index (χ3n) is 4.24. The van der Waals surface area contributed by atoms with Crippen molar-refractivity contribution in [3.8, 4) is 5.75 Å². The van der Waals surface area contributed by atoms with Gasteiger partial charge in [-0.2, -0.15) is 0 Å². The predicted octanol–water partition coefficient (Wildman–Crippen LogP) is 4.16. The van der Waals surface area contributed by atoms with Gasteiger partial charge in [-0.05, 0) is 50.8 Å². The van der Waals surface area contributed by atoms with E-state index in [-0.39, 0.29) is 5.63 Å². The highest BCUT2D eigenvalue weighted by Gasteiger charge is 2.20. The van der Waals surface area contributed by atoms with Crippen molar-refractivity contribution >= 4 is 16.9 Å². The molecule has 136 valence electrons. The van der Waals surface area contributed by atoms with Crippen molar-refractivity contribution in [2.45, 2.75) is 59.5 Å². The number of hydrogen-bond donors (Lipinski definition) is 0. The molecule has 0 fully saturated rings. The van der Waals surface area contributed by atoms with E-state index in [2.05, 4.69) is 6.92 Å². The Hall–Kier alpha value is -2.30. The fourth-order valence-electron chi connectivity index (χ4n) is 2.79. The zero-order chi connectivity index (χ0) is 18.4. The van der Waals surface area contributed by atoms with Gasteiger partial charge in [0.25, 0.3) is 0 Å². The van der Waals surface area contributed by atoms with Crippen molar-refractivity contribution in [1.29, 1.82) is 0 Å². The van der Waals surface area contributed by atoms with Gasteiger partial charge in [-0.25, -0.2) is 9.59 Å². The molecule has 5 heteroatoms. The third-order valence-corrected chi connectivity index (χ3v) is 4.24. The van der Waals surface area contributed by atoms with E-state index in [4.69, 9.17) is 13.9 Å². The minimum Gasteiger partial charge on any atom is -0.479 e. The lowest BCUT2D eigenvalue weighted by atomic mass is 10.0. The zero-order valence-corrected chi connectivity index (χ0v) is 15.4. The number of aryl methyl sites for hydroxylation is 1. The van der Waals surface area contributed by atoms with Crippen molar-refractivity contribution < 1.29 is 18.7 Å². The van der Waals surface area contributed by atoms with Gasteiger partial charge >= 0.3 is 11.6 Å². The van der Waals surface area contributed by atoms with Crippen molar-refractivity contribution in [1.82, 2.24) is 0 Å². The summed E-state index contributed by atoms with van der Waals surface area (Å²) >= 11 is 0. The summed E-state index contributed by atoms with van der Waals surface area (Å²) in [5.41, 5.74) is 1.86. The fraction of sp³-hybridized carbons (Fsp3) is 0.500. The molecule has 2 aromatic rings. The van der Waals surface area contributed by atoms with Gasteiger partial charge in [0.05, 0.1) is 6.61 Å². The molecule has 0 N–H and O–H groups in total. The van der Waals surface area contributed by atoms with Crippen LogP contribution in [0.15, 0.2) is 27.4 Å². The van der Waals surface area contributed by atoms with Crippen LogP contribution in [-0.2, 0) is 16.0 Å². The lowest BCUT2D eigenvalue weighted by Gasteiger charge is -2.16. The number of unbranched alkanes of at least 4 members (excludes halogenated alkanes) is 1. The van der Waals surface area contributed by atoms with Gasteiger partial charge in [0.2, 0.25) is 0 Å². The molecule has 0 spiro atoms. The number of esters is 1. The molecule has 1 aromatic heterocycles. The van der Waals surface area contributed by atoms with Gasteiger partial charge in [-0.1, -0.05) is 20.3 Å². The third kappa shape index (κ3) is 4.41. The van der Waals surface area contributed by atoms with E-state index in [9.17, 15) is 9.59 Å². The van der Waals surface area contributed by atoms with E-state index < -0.39 is 12.1 Å². The zero-order valence-electron chi connectivity index (χ0n) is 15.4. The molecule has 0 saturated carbocycles. The molecule has 0 amide bonds. The average molecular weight is 346 g/mol. The van der Waals surface area contributed by atoms with Gasteiger partial charge in [-0.15, -0.1) is 0 Å². The Morgan fingerprint density at radius 2 is 2.00 bits per heavy atom. The number of carbonyl (C=O) groups is 1. The van der Waals surface area contributed by atoms with Crippen molar-refractivity contribution in [2.75, 3.05) is 6.61 Å². The molecule has 1 atom stereocenters. The summed E-state index contributed by atoms with van der Waals surface area (Å²) in [4.78, 5) is 24.1. The van der Waals surface area contributed by atoms with Crippen LogP contribution in [-0.4, -0.2) is 18.7 Å². The molecule has 1 heterocycles. The van der Waals surface area contributed by atoms with Gasteiger partial charge < -0.3 is 13.9 Å². The molecule has 0 aliphatic carbocycles. The smallest absolute Gasteiger partial charge is 0.347 e. The number of hydrogen-bond acceptors (Lipinski definition) is 5.